The molecule has 0 aliphatic carbocycles. The minimum atomic E-state index is -0.416. The van der Waals surface area contributed by atoms with E-state index in [9.17, 15) is 4.39 Å². The minimum absolute atomic E-state index is 0.360. The highest BCUT2D eigenvalue weighted by Gasteiger charge is 2.13. The number of ether oxygens (including phenoxy) is 1. The van der Waals surface area contributed by atoms with Crippen LogP contribution < -0.4 is 10.1 Å². The number of nitrogens with zero attached hydrogens (tertiary/aromatic N) is 2. The van der Waals surface area contributed by atoms with Crippen LogP contribution in [0.4, 0.5) is 10.1 Å². The van der Waals surface area contributed by atoms with Crippen LogP contribution in [0.1, 0.15) is 18.9 Å². The first-order valence-corrected chi connectivity index (χ1v) is 6.01. The van der Waals surface area contributed by atoms with Gasteiger partial charge in [0, 0.05) is 24.2 Å². The number of fused-ring (bicyclic) bond motifs is 1. The molecule has 5 heteroatoms. The molecule has 0 unspecified atom stereocenters. The second kappa shape index (κ2) is 5.53. The van der Waals surface area contributed by atoms with Gasteiger partial charge in [-0.3, -0.25) is 4.98 Å². The van der Waals surface area contributed by atoms with Crippen LogP contribution in [-0.2, 0) is 0 Å². The lowest BCUT2D eigenvalue weighted by Gasteiger charge is -2.12. The van der Waals surface area contributed by atoms with Gasteiger partial charge in [-0.05, 0) is 12.5 Å². The normalized spacial score (nSPS) is 10.2. The van der Waals surface area contributed by atoms with Crippen molar-refractivity contribution < 1.29 is 9.13 Å². The Labute approximate surface area is 110 Å². The van der Waals surface area contributed by atoms with Gasteiger partial charge in [0.1, 0.15) is 23.2 Å². The van der Waals surface area contributed by atoms with E-state index in [4.69, 9.17) is 10.00 Å². The number of nitriles is 1. The maximum atomic E-state index is 13.6. The summed E-state index contributed by atoms with van der Waals surface area (Å²) in [5, 5.41) is 12.8. The number of pyridine rings is 1. The summed E-state index contributed by atoms with van der Waals surface area (Å²) < 4.78 is 18.7. The Balaban J connectivity index is 2.73. The molecule has 0 spiro atoms. The van der Waals surface area contributed by atoms with Crippen molar-refractivity contribution >= 4 is 16.6 Å². The molecule has 0 saturated heterocycles. The van der Waals surface area contributed by atoms with Crippen LogP contribution in [-0.4, -0.2) is 18.6 Å². The number of benzene rings is 1. The van der Waals surface area contributed by atoms with Gasteiger partial charge in [-0.25, -0.2) is 4.39 Å². The van der Waals surface area contributed by atoms with Crippen molar-refractivity contribution in [1.29, 1.82) is 5.26 Å². The van der Waals surface area contributed by atoms with Crippen LogP contribution in [0.15, 0.2) is 18.3 Å². The number of hydrogen-bond donors (Lipinski definition) is 1. The SMILES string of the molecule is CCCNc1c(C#N)cnc2c(OC)cc(F)cc12. The van der Waals surface area contributed by atoms with Gasteiger partial charge in [0.2, 0.25) is 0 Å². The largest absolute Gasteiger partial charge is 0.494 e. The molecule has 2 rings (SSSR count). The molecule has 1 aromatic carbocycles. The van der Waals surface area contributed by atoms with Crippen LogP contribution >= 0.6 is 0 Å². The summed E-state index contributed by atoms with van der Waals surface area (Å²) in [6.45, 7) is 2.72. The predicted molar refractivity (Wildman–Crippen MR) is 71.7 cm³/mol. The molecule has 1 heterocycles. The first-order chi connectivity index (χ1) is 9.21. The highest BCUT2D eigenvalue weighted by Crippen LogP contribution is 2.32. The summed E-state index contributed by atoms with van der Waals surface area (Å²) in [6.07, 6.45) is 2.38. The molecule has 19 heavy (non-hydrogen) atoms. The molecule has 0 radical (unpaired) electrons. The summed E-state index contributed by atoms with van der Waals surface area (Å²) in [5.74, 6) is -0.0557. The molecule has 0 saturated carbocycles. The third-order valence-electron chi connectivity index (χ3n) is 2.79. The number of rotatable bonds is 4. The van der Waals surface area contributed by atoms with E-state index in [2.05, 4.69) is 16.4 Å². The van der Waals surface area contributed by atoms with Gasteiger partial charge in [0.05, 0.1) is 18.4 Å². The molecule has 0 aliphatic rings. The number of anilines is 1. The summed E-state index contributed by atoms with van der Waals surface area (Å²) in [6, 6.07) is 4.71. The Kier molecular flexibility index (Phi) is 3.81. The maximum Gasteiger partial charge on any atom is 0.148 e. The summed E-state index contributed by atoms with van der Waals surface area (Å²) in [5.41, 5.74) is 1.54. The number of aromatic nitrogens is 1. The maximum absolute atomic E-state index is 13.6. The lowest BCUT2D eigenvalue weighted by Crippen LogP contribution is -2.04. The Morgan fingerprint density at radius 2 is 2.26 bits per heavy atom. The molecule has 0 bridgehead atoms. The van der Waals surface area contributed by atoms with E-state index < -0.39 is 5.82 Å². The number of halogens is 1. The Morgan fingerprint density at radius 1 is 1.47 bits per heavy atom. The predicted octanol–water partition coefficient (Wildman–Crippen LogP) is 3.08. The smallest absolute Gasteiger partial charge is 0.148 e. The van der Waals surface area contributed by atoms with Crippen molar-refractivity contribution in [2.75, 3.05) is 19.0 Å². The average Bonchev–Trinajstić information content (AvgIpc) is 2.43. The zero-order valence-corrected chi connectivity index (χ0v) is 10.8. The van der Waals surface area contributed by atoms with Crippen molar-refractivity contribution in [3.8, 4) is 11.8 Å². The lowest BCUT2D eigenvalue weighted by atomic mass is 10.1. The van der Waals surface area contributed by atoms with Gasteiger partial charge < -0.3 is 10.1 Å². The van der Waals surface area contributed by atoms with Gasteiger partial charge in [0.15, 0.2) is 0 Å². The van der Waals surface area contributed by atoms with Gasteiger partial charge >= 0.3 is 0 Å². The van der Waals surface area contributed by atoms with Crippen LogP contribution in [0.5, 0.6) is 5.75 Å². The first-order valence-electron chi connectivity index (χ1n) is 6.01. The molecule has 0 amide bonds. The van der Waals surface area contributed by atoms with E-state index in [-0.39, 0.29) is 0 Å². The molecule has 0 aliphatic heterocycles. The fraction of sp³-hybridized carbons (Fsp3) is 0.286. The Bertz CT molecular complexity index is 649. The van der Waals surface area contributed by atoms with Crippen molar-refractivity contribution in [1.82, 2.24) is 4.98 Å². The molecule has 98 valence electrons. The van der Waals surface area contributed by atoms with Gasteiger partial charge in [0.25, 0.3) is 0 Å². The monoisotopic (exact) mass is 259 g/mol. The third kappa shape index (κ3) is 2.43. The van der Waals surface area contributed by atoms with Crippen molar-refractivity contribution in [3.63, 3.8) is 0 Å². The fourth-order valence-corrected chi connectivity index (χ4v) is 1.92. The molecule has 0 fully saturated rings. The number of nitrogens with one attached hydrogen (secondary N) is 1. The quantitative estimate of drug-likeness (QED) is 0.916. The second-order valence-corrected chi connectivity index (χ2v) is 4.09. The topological polar surface area (TPSA) is 57.9 Å². The summed E-state index contributed by atoms with van der Waals surface area (Å²) in [4.78, 5) is 4.18. The van der Waals surface area contributed by atoms with E-state index in [0.717, 1.165) is 6.42 Å². The van der Waals surface area contributed by atoms with Crippen LogP contribution in [0, 0.1) is 17.1 Å². The van der Waals surface area contributed by atoms with E-state index >= 15 is 0 Å². The van der Waals surface area contributed by atoms with E-state index in [1.807, 2.05) is 6.92 Å². The molecular weight excluding hydrogens is 245 g/mol. The Morgan fingerprint density at radius 3 is 2.89 bits per heavy atom. The number of hydrogen-bond acceptors (Lipinski definition) is 4. The van der Waals surface area contributed by atoms with Gasteiger partial charge in [-0.2, -0.15) is 5.26 Å². The van der Waals surface area contributed by atoms with E-state index in [1.54, 1.807) is 0 Å². The van der Waals surface area contributed by atoms with E-state index in [0.29, 0.717) is 34.4 Å². The molecule has 1 aromatic heterocycles. The molecule has 4 nitrogen and oxygen atoms in total. The highest BCUT2D eigenvalue weighted by molar-refractivity contribution is 5.97. The van der Waals surface area contributed by atoms with Crippen molar-refractivity contribution in [3.05, 3.63) is 29.7 Å². The van der Waals surface area contributed by atoms with Gasteiger partial charge in [-0.1, -0.05) is 6.92 Å². The van der Waals surface area contributed by atoms with Crippen LogP contribution in [0.3, 0.4) is 0 Å². The average molecular weight is 259 g/mol. The third-order valence-corrected chi connectivity index (χ3v) is 2.79. The van der Waals surface area contributed by atoms with E-state index in [1.165, 1.54) is 25.4 Å². The van der Waals surface area contributed by atoms with Gasteiger partial charge in [-0.15, -0.1) is 0 Å². The van der Waals surface area contributed by atoms with Crippen LogP contribution in [0.2, 0.25) is 0 Å². The first kappa shape index (κ1) is 13.1. The zero-order chi connectivity index (χ0) is 13.8. The zero-order valence-electron chi connectivity index (χ0n) is 10.8. The Hall–Kier alpha value is -2.35. The highest BCUT2D eigenvalue weighted by atomic mass is 19.1. The van der Waals surface area contributed by atoms with Crippen molar-refractivity contribution in [2.24, 2.45) is 0 Å². The fourth-order valence-electron chi connectivity index (χ4n) is 1.92. The number of methoxy groups -OCH3 is 1. The molecule has 0 atom stereocenters. The molecule has 2 aromatic rings. The molecular formula is C14H14FN3O. The standard InChI is InChI=1S/C14H14FN3O/c1-3-4-17-13-9(7-16)8-18-14-11(13)5-10(15)6-12(14)19-2/h5-6,8H,3-4H2,1-2H3,(H,17,18). The summed E-state index contributed by atoms with van der Waals surface area (Å²) in [7, 11) is 1.47. The van der Waals surface area contributed by atoms with Crippen LogP contribution in [0.25, 0.3) is 10.9 Å². The molecule has 1 N–H and O–H groups in total. The lowest BCUT2D eigenvalue weighted by molar-refractivity contribution is 0.415. The summed E-state index contributed by atoms with van der Waals surface area (Å²) >= 11 is 0. The van der Waals surface area contributed by atoms with Crippen molar-refractivity contribution in [2.45, 2.75) is 13.3 Å². The minimum Gasteiger partial charge on any atom is -0.494 e. The second-order valence-electron chi connectivity index (χ2n) is 4.09.